The van der Waals surface area contributed by atoms with Gasteiger partial charge in [0.2, 0.25) is 0 Å². The maximum absolute atomic E-state index is 5.94. The first-order valence-electron chi connectivity index (χ1n) is 5.63. The molecule has 2 heterocycles. The van der Waals surface area contributed by atoms with E-state index in [1.54, 1.807) is 17.7 Å². The minimum Gasteiger partial charge on any atom is -0.373 e. The summed E-state index contributed by atoms with van der Waals surface area (Å²) >= 11 is 7.52. The Morgan fingerprint density at radius 1 is 1.28 bits per heavy atom. The van der Waals surface area contributed by atoms with Gasteiger partial charge in [0.05, 0.1) is 10.4 Å². The second-order valence-corrected chi connectivity index (χ2v) is 5.70. The van der Waals surface area contributed by atoms with E-state index in [1.165, 1.54) is 4.88 Å². The van der Waals surface area contributed by atoms with E-state index in [1.807, 2.05) is 26.1 Å². The fourth-order valence-corrected chi connectivity index (χ4v) is 2.75. The summed E-state index contributed by atoms with van der Waals surface area (Å²) in [5, 5.41) is 6.42. The Kier molecular flexibility index (Phi) is 4.04. The molecule has 0 saturated carbocycles. The van der Waals surface area contributed by atoms with Crippen LogP contribution in [0, 0.1) is 6.92 Å². The van der Waals surface area contributed by atoms with Crippen LogP contribution in [0.15, 0.2) is 18.5 Å². The minimum absolute atomic E-state index is 0.167. The molecule has 2 aromatic rings. The number of halogens is 1. The topological polar surface area (TPSA) is 49.8 Å². The van der Waals surface area contributed by atoms with Gasteiger partial charge in [0.15, 0.2) is 0 Å². The van der Waals surface area contributed by atoms with E-state index in [4.69, 9.17) is 11.6 Å². The molecule has 0 aliphatic heterocycles. The fraction of sp³-hybridized carbons (Fsp3) is 0.333. The van der Waals surface area contributed by atoms with Crippen LogP contribution in [0.25, 0.3) is 0 Å². The van der Waals surface area contributed by atoms with Crippen molar-refractivity contribution in [3.63, 3.8) is 0 Å². The van der Waals surface area contributed by atoms with E-state index in [0.29, 0.717) is 0 Å². The molecule has 1 unspecified atom stereocenters. The number of hydrogen-bond donors (Lipinski definition) is 2. The predicted molar refractivity (Wildman–Crippen MR) is 77.7 cm³/mol. The van der Waals surface area contributed by atoms with Gasteiger partial charge in [-0.05, 0) is 26.0 Å². The van der Waals surface area contributed by atoms with Gasteiger partial charge in [-0.25, -0.2) is 9.97 Å². The average Bonchev–Trinajstić information content (AvgIpc) is 2.78. The Hall–Kier alpha value is -1.33. The van der Waals surface area contributed by atoms with Crippen molar-refractivity contribution in [2.24, 2.45) is 0 Å². The quantitative estimate of drug-likeness (QED) is 0.897. The van der Waals surface area contributed by atoms with Crippen LogP contribution >= 0.6 is 22.9 Å². The van der Waals surface area contributed by atoms with Crippen LogP contribution in [-0.2, 0) is 0 Å². The van der Waals surface area contributed by atoms with Gasteiger partial charge in [-0.15, -0.1) is 11.3 Å². The number of nitrogens with one attached hydrogen (secondary N) is 2. The number of rotatable bonds is 4. The van der Waals surface area contributed by atoms with Crippen LogP contribution in [0.4, 0.5) is 11.6 Å². The molecule has 0 radical (unpaired) electrons. The lowest BCUT2D eigenvalue weighted by Crippen LogP contribution is -2.09. The molecular formula is C12H15ClN4S. The van der Waals surface area contributed by atoms with Crippen molar-refractivity contribution in [2.75, 3.05) is 17.7 Å². The highest BCUT2D eigenvalue weighted by atomic mass is 35.5. The molecule has 0 fully saturated rings. The predicted octanol–water partition coefficient (Wildman–Crippen LogP) is 3.71. The standard InChI is InChI=1S/C12H15ClN4S/c1-7-11(14-3)15-6-16-12(7)17-8(2)9-4-5-10(13)18-9/h4-6,8H,1-3H3,(H2,14,15,16,17). The molecule has 0 aromatic carbocycles. The molecule has 96 valence electrons. The van der Waals surface area contributed by atoms with E-state index < -0.39 is 0 Å². The fourth-order valence-electron chi connectivity index (χ4n) is 1.68. The third kappa shape index (κ3) is 2.73. The Balaban J connectivity index is 2.19. The van der Waals surface area contributed by atoms with Crippen molar-refractivity contribution in [1.29, 1.82) is 0 Å². The van der Waals surface area contributed by atoms with Crippen molar-refractivity contribution in [2.45, 2.75) is 19.9 Å². The van der Waals surface area contributed by atoms with E-state index in [2.05, 4.69) is 27.5 Å². The van der Waals surface area contributed by atoms with Crippen molar-refractivity contribution in [3.05, 3.63) is 33.2 Å². The number of thiophene rings is 1. The SMILES string of the molecule is CNc1ncnc(NC(C)c2ccc(Cl)s2)c1C. The normalized spacial score (nSPS) is 12.2. The first-order valence-corrected chi connectivity index (χ1v) is 6.82. The smallest absolute Gasteiger partial charge is 0.134 e. The number of nitrogens with zero attached hydrogens (tertiary/aromatic N) is 2. The number of aromatic nitrogens is 2. The van der Waals surface area contributed by atoms with Crippen LogP contribution in [0.2, 0.25) is 4.34 Å². The Labute approximate surface area is 115 Å². The highest BCUT2D eigenvalue weighted by Crippen LogP contribution is 2.29. The summed E-state index contributed by atoms with van der Waals surface area (Å²) in [6.45, 7) is 4.07. The van der Waals surface area contributed by atoms with Crippen LogP contribution in [-0.4, -0.2) is 17.0 Å². The zero-order valence-corrected chi connectivity index (χ0v) is 12.1. The van der Waals surface area contributed by atoms with Crippen LogP contribution in [0.3, 0.4) is 0 Å². The molecule has 0 aliphatic carbocycles. The molecule has 4 nitrogen and oxygen atoms in total. The van der Waals surface area contributed by atoms with Crippen LogP contribution in [0.5, 0.6) is 0 Å². The van der Waals surface area contributed by atoms with Crippen LogP contribution < -0.4 is 10.6 Å². The van der Waals surface area contributed by atoms with Gasteiger partial charge in [0, 0.05) is 17.5 Å². The second-order valence-electron chi connectivity index (χ2n) is 3.95. The van der Waals surface area contributed by atoms with E-state index >= 15 is 0 Å². The summed E-state index contributed by atoms with van der Waals surface area (Å²) in [4.78, 5) is 9.61. The van der Waals surface area contributed by atoms with Crippen LogP contribution in [0.1, 0.15) is 23.4 Å². The molecule has 0 saturated heterocycles. The Bertz CT molecular complexity index is 541. The van der Waals surface area contributed by atoms with Gasteiger partial charge < -0.3 is 10.6 Å². The Morgan fingerprint density at radius 3 is 2.61 bits per heavy atom. The summed E-state index contributed by atoms with van der Waals surface area (Å²) < 4.78 is 0.800. The average molecular weight is 283 g/mol. The molecule has 6 heteroatoms. The van der Waals surface area contributed by atoms with Gasteiger partial charge in [-0.1, -0.05) is 11.6 Å². The largest absolute Gasteiger partial charge is 0.373 e. The van der Waals surface area contributed by atoms with Gasteiger partial charge in [-0.3, -0.25) is 0 Å². The van der Waals surface area contributed by atoms with E-state index in [9.17, 15) is 0 Å². The maximum atomic E-state index is 5.94. The summed E-state index contributed by atoms with van der Waals surface area (Å²) in [5.41, 5.74) is 1.01. The molecule has 18 heavy (non-hydrogen) atoms. The molecule has 2 aromatic heterocycles. The molecular weight excluding hydrogens is 268 g/mol. The summed E-state index contributed by atoms with van der Waals surface area (Å²) in [6.07, 6.45) is 1.55. The molecule has 1 atom stereocenters. The van der Waals surface area contributed by atoms with E-state index in [-0.39, 0.29) is 6.04 Å². The minimum atomic E-state index is 0.167. The lowest BCUT2D eigenvalue weighted by Gasteiger charge is -2.15. The van der Waals surface area contributed by atoms with Crippen molar-refractivity contribution < 1.29 is 0 Å². The van der Waals surface area contributed by atoms with Crippen molar-refractivity contribution in [3.8, 4) is 0 Å². The molecule has 0 spiro atoms. The molecule has 2 N–H and O–H groups in total. The van der Waals surface area contributed by atoms with Crippen molar-refractivity contribution in [1.82, 2.24) is 9.97 Å². The molecule has 0 bridgehead atoms. The highest BCUT2D eigenvalue weighted by molar-refractivity contribution is 7.16. The zero-order valence-electron chi connectivity index (χ0n) is 10.5. The van der Waals surface area contributed by atoms with Gasteiger partial charge >= 0.3 is 0 Å². The number of hydrogen-bond acceptors (Lipinski definition) is 5. The monoisotopic (exact) mass is 282 g/mol. The van der Waals surface area contributed by atoms with E-state index in [0.717, 1.165) is 21.5 Å². The molecule has 0 amide bonds. The highest BCUT2D eigenvalue weighted by Gasteiger charge is 2.12. The third-order valence-electron chi connectivity index (χ3n) is 2.69. The maximum Gasteiger partial charge on any atom is 0.134 e. The summed E-state index contributed by atoms with van der Waals surface area (Å²) in [7, 11) is 1.85. The first-order chi connectivity index (χ1) is 8.61. The molecule has 2 rings (SSSR count). The Morgan fingerprint density at radius 2 is 2.00 bits per heavy atom. The van der Waals surface area contributed by atoms with Crippen molar-refractivity contribution >= 4 is 34.6 Å². The van der Waals surface area contributed by atoms with Gasteiger partial charge in [0.1, 0.15) is 18.0 Å². The lowest BCUT2D eigenvalue weighted by molar-refractivity contribution is 0.889. The van der Waals surface area contributed by atoms with Gasteiger partial charge in [-0.2, -0.15) is 0 Å². The number of anilines is 2. The molecule has 0 aliphatic rings. The van der Waals surface area contributed by atoms with Gasteiger partial charge in [0.25, 0.3) is 0 Å². The third-order valence-corrected chi connectivity index (χ3v) is 4.11. The summed E-state index contributed by atoms with van der Waals surface area (Å²) in [6, 6.07) is 4.10. The second kappa shape index (κ2) is 5.54. The lowest BCUT2D eigenvalue weighted by atomic mass is 10.2. The first kappa shape index (κ1) is 13.1. The summed E-state index contributed by atoms with van der Waals surface area (Å²) in [5.74, 6) is 1.68. The zero-order chi connectivity index (χ0) is 13.1.